The van der Waals surface area contributed by atoms with E-state index >= 15 is 0 Å². The van der Waals surface area contributed by atoms with E-state index in [2.05, 4.69) is 48.8 Å². The lowest BCUT2D eigenvalue weighted by Gasteiger charge is -2.20. The highest BCUT2D eigenvalue weighted by Crippen LogP contribution is 2.03. The molecule has 1 rings (SSSR count). The van der Waals surface area contributed by atoms with Crippen LogP contribution in [0.2, 0.25) is 0 Å². The SMILES string of the molecule is Cc1nccn1CCCCCNC(C)(C)C. The Morgan fingerprint density at radius 3 is 2.56 bits per heavy atom. The predicted octanol–water partition coefficient (Wildman–Crippen LogP) is 2.75. The third-order valence-corrected chi connectivity index (χ3v) is 2.65. The van der Waals surface area contributed by atoms with Crippen LogP contribution in [0.5, 0.6) is 0 Å². The van der Waals surface area contributed by atoms with Crippen molar-refractivity contribution >= 4 is 0 Å². The summed E-state index contributed by atoms with van der Waals surface area (Å²) in [6.07, 6.45) is 7.70. The Balaban J connectivity index is 2.03. The van der Waals surface area contributed by atoms with E-state index in [9.17, 15) is 0 Å². The van der Waals surface area contributed by atoms with Crippen LogP contribution in [0.3, 0.4) is 0 Å². The third kappa shape index (κ3) is 5.31. The minimum Gasteiger partial charge on any atom is -0.335 e. The molecule has 0 aliphatic heterocycles. The number of aromatic nitrogens is 2. The van der Waals surface area contributed by atoms with Gasteiger partial charge in [0.15, 0.2) is 0 Å². The molecule has 1 heterocycles. The third-order valence-electron chi connectivity index (χ3n) is 2.65. The average Bonchev–Trinajstić information content (AvgIpc) is 2.56. The minimum absolute atomic E-state index is 0.251. The Bertz CT molecular complexity index is 296. The van der Waals surface area contributed by atoms with E-state index in [-0.39, 0.29) is 5.54 Å². The zero-order valence-corrected chi connectivity index (χ0v) is 11.1. The number of aryl methyl sites for hydroxylation is 2. The molecule has 0 amide bonds. The molecule has 3 heteroatoms. The second-order valence-corrected chi connectivity index (χ2v) is 5.41. The van der Waals surface area contributed by atoms with Crippen molar-refractivity contribution in [2.24, 2.45) is 0 Å². The molecule has 0 aliphatic rings. The molecule has 0 fully saturated rings. The first-order chi connectivity index (χ1) is 7.49. The molecule has 0 saturated carbocycles. The number of imidazole rings is 1. The van der Waals surface area contributed by atoms with Crippen molar-refractivity contribution in [3.05, 3.63) is 18.2 Å². The number of hydrogen-bond acceptors (Lipinski definition) is 2. The first-order valence-electron chi connectivity index (χ1n) is 6.22. The van der Waals surface area contributed by atoms with Gasteiger partial charge in [-0.25, -0.2) is 4.98 Å². The van der Waals surface area contributed by atoms with Gasteiger partial charge in [0.1, 0.15) is 5.82 Å². The second kappa shape index (κ2) is 6.04. The van der Waals surface area contributed by atoms with E-state index in [1.54, 1.807) is 0 Å². The van der Waals surface area contributed by atoms with Gasteiger partial charge >= 0.3 is 0 Å². The lowest BCUT2D eigenvalue weighted by atomic mass is 10.1. The highest BCUT2D eigenvalue weighted by molar-refractivity contribution is 4.87. The lowest BCUT2D eigenvalue weighted by Crippen LogP contribution is -2.36. The molecule has 0 spiro atoms. The Labute approximate surface area is 99.3 Å². The van der Waals surface area contributed by atoms with E-state index in [4.69, 9.17) is 0 Å². The average molecular weight is 223 g/mol. The minimum atomic E-state index is 0.251. The van der Waals surface area contributed by atoms with Gasteiger partial charge in [-0.05, 0) is 47.1 Å². The summed E-state index contributed by atoms with van der Waals surface area (Å²) in [5, 5.41) is 3.51. The Kier molecular flexibility index (Phi) is 5.00. The summed E-state index contributed by atoms with van der Waals surface area (Å²) in [5.41, 5.74) is 0.251. The van der Waals surface area contributed by atoms with Gasteiger partial charge in [0.2, 0.25) is 0 Å². The van der Waals surface area contributed by atoms with Crippen molar-refractivity contribution < 1.29 is 0 Å². The first kappa shape index (κ1) is 13.2. The van der Waals surface area contributed by atoms with Crippen LogP contribution < -0.4 is 5.32 Å². The van der Waals surface area contributed by atoms with Gasteiger partial charge in [-0.2, -0.15) is 0 Å². The van der Waals surface area contributed by atoms with Crippen LogP contribution in [-0.2, 0) is 6.54 Å². The summed E-state index contributed by atoms with van der Waals surface area (Å²) in [6, 6.07) is 0. The number of rotatable bonds is 6. The first-order valence-corrected chi connectivity index (χ1v) is 6.22. The van der Waals surface area contributed by atoms with E-state index < -0.39 is 0 Å². The predicted molar refractivity (Wildman–Crippen MR) is 68.6 cm³/mol. The van der Waals surface area contributed by atoms with E-state index in [0.29, 0.717) is 0 Å². The summed E-state index contributed by atoms with van der Waals surface area (Å²) >= 11 is 0. The molecule has 92 valence electrons. The maximum absolute atomic E-state index is 4.21. The number of unbranched alkanes of at least 4 members (excludes halogenated alkanes) is 2. The largest absolute Gasteiger partial charge is 0.335 e. The van der Waals surface area contributed by atoms with Crippen LogP contribution in [0.15, 0.2) is 12.4 Å². The molecule has 0 aliphatic carbocycles. The normalized spacial score (nSPS) is 12.0. The molecule has 0 radical (unpaired) electrons. The van der Waals surface area contributed by atoms with Crippen molar-refractivity contribution in [3.8, 4) is 0 Å². The topological polar surface area (TPSA) is 29.9 Å². The summed E-state index contributed by atoms with van der Waals surface area (Å²) in [5.74, 6) is 1.12. The quantitative estimate of drug-likeness (QED) is 0.752. The van der Waals surface area contributed by atoms with Gasteiger partial charge in [0.05, 0.1) is 0 Å². The number of nitrogens with one attached hydrogen (secondary N) is 1. The van der Waals surface area contributed by atoms with Crippen LogP contribution in [0.4, 0.5) is 0 Å². The summed E-state index contributed by atoms with van der Waals surface area (Å²) in [4.78, 5) is 4.21. The fraction of sp³-hybridized carbons (Fsp3) is 0.769. The molecule has 0 unspecified atom stereocenters. The fourth-order valence-corrected chi connectivity index (χ4v) is 1.69. The van der Waals surface area contributed by atoms with Crippen LogP contribution in [0, 0.1) is 6.92 Å². The van der Waals surface area contributed by atoms with Gasteiger partial charge in [-0.15, -0.1) is 0 Å². The van der Waals surface area contributed by atoms with Crippen molar-refractivity contribution in [2.75, 3.05) is 6.54 Å². The Morgan fingerprint density at radius 1 is 1.25 bits per heavy atom. The lowest BCUT2D eigenvalue weighted by molar-refractivity contribution is 0.414. The maximum Gasteiger partial charge on any atom is 0.105 e. The fourth-order valence-electron chi connectivity index (χ4n) is 1.69. The molecule has 1 aromatic heterocycles. The van der Waals surface area contributed by atoms with Gasteiger partial charge < -0.3 is 9.88 Å². The van der Waals surface area contributed by atoms with E-state index in [1.165, 1.54) is 19.3 Å². The van der Waals surface area contributed by atoms with Crippen LogP contribution in [0.25, 0.3) is 0 Å². The summed E-state index contributed by atoms with van der Waals surface area (Å²) in [7, 11) is 0. The van der Waals surface area contributed by atoms with Crippen molar-refractivity contribution in [3.63, 3.8) is 0 Å². The molecule has 0 atom stereocenters. The molecule has 3 nitrogen and oxygen atoms in total. The highest BCUT2D eigenvalue weighted by atomic mass is 15.0. The number of hydrogen-bond donors (Lipinski definition) is 1. The maximum atomic E-state index is 4.21. The van der Waals surface area contributed by atoms with Gasteiger partial charge in [-0.3, -0.25) is 0 Å². The Morgan fingerprint density at radius 2 is 2.00 bits per heavy atom. The molecular weight excluding hydrogens is 198 g/mol. The monoisotopic (exact) mass is 223 g/mol. The van der Waals surface area contributed by atoms with Crippen molar-refractivity contribution in [1.29, 1.82) is 0 Å². The number of nitrogens with zero attached hydrogens (tertiary/aromatic N) is 2. The molecule has 0 saturated heterocycles. The molecular formula is C13H25N3. The standard InChI is InChI=1S/C13H25N3/c1-12-14-9-11-16(12)10-7-5-6-8-15-13(2,3)4/h9,11,15H,5-8,10H2,1-4H3. The molecule has 0 aromatic carbocycles. The van der Waals surface area contributed by atoms with Crippen molar-refractivity contribution in [2.45, 2.75) is 59.0 Å². The van der Waals surface area contributed by atoms with Crippen LogP contribution in [-0.4, -0.2) is 21.6 Å². The van der Waals surface area contributed by atoms with Gasteiger partial charge in [-0.1, -0.05) is 6.42 Å². The van der Waals surface area contributed by atoms with Gasteiger partial charge in [0, 0.05) is 24.5 Å². The van der Waals surface area contributed by atoms with Crippen LogP contribution in [0.1, 0.15) is 45.9 Å². The van der Waals surface area contributed by atoms with E-state index in [0.717, 1.165) is 18.9 Å². The smallest absolute Gasteiger partial charge is 0.105 e. The second-order valence-electron chi connectivity index (χ2n) is 5.41. The Hall–Kier alpha value is -0.830. The molecule has 1 N–H and O–H groups in total. The zero-order chi connectivity index (χ0) is 12.0. The summed E-state index contributed by atoms with van der Waals surface area (Å²) in [6.45, 7) is 10.9. The van der Waals surface area contributed by atoms with E-state index in [1.807, 2.05) is 6.20 Å². The zero-order valence-electron chi connectivity index (χ0n) is 11.1. The van der Waals surface area contributed by atoms with Gasteiger partial charge in [0.25, 0.3) is 0 Å². The van der Waals surface area contributed by atoms with Crippen molar-refractivity contribution in [1.82, 2.24) is 14.9 Å². The molecule has 1 aromatic rings. The molecule has 0 bridgehead atoms. The highest BCUT2D eigenvalue weighted by Gasteiger charge is 2.06. The van der Waals surface area contributed by atoms with Crippen LogP contribution >= 0.6 is 0 Å². The molecule has 16 heavy (non-hydrogen) atoms. The summed E-state index contributed by atoms with van der Waals surface area (Å²) < 4.78 is 2.22.